The van der Waals surface area contributed by atoms with Gasteiger partial charge in [0.05, 0.1) is 13.2 Å². The van der Waals surface area contributed by atoms with Gasteiger partial charge in [0.25, 0.3) is 0 Å². The number of anilines is 2. The number of amides is 1. The lowest BCUT2D eigenvalue weighted by Gasteiger charge is -2.38. The molecule has 168 valence electrons. The van der Waals surface area contributed by atoms with Gasteiger partial charge >= 0.3 is 0 Å². The number of methoxy groups -OCH3 is 1. The molecule has 0 radical (unpaired) electrons. The van der Waals surface area contributed by atoms with Crippen molar-refractivity contribution in [2.24, 2.45) is 5.92 Å². The summed E-state index contributed by atoms with van der Waals surface area (Å²) in [5.74, 6) is 1.28. The summed E-state index contributed by atoms with van der Waals surface area (Å²) in [6.07, 6.45) is 6.66. The third kappa shape index (κ3) is 4.31. The third-order valence-corrected chi connectivity index (χ3v) is 6.69. The summed E-state index contributed by atoms with van der Waals surface area (Å²) in [6.45, 7) is 0. The number of carbonyl (C=O) groups excluding carboxylic acids is 1. The number of rotatable bonds is 6. The second-order valence-electron chi connectivity index (χ2n) is 8.74. The standard InChI is InChI=1S/C28H28N2O3/c1-33-26-16-19(11-14-25(26)31)28-22-9-5-8-21(22)23-17-20(12-13-24(23)30-28)29-27(32)15-10-18-6-3-2-4-7-18/h2-8,11-14,16-17,21-22,28,30-31H,9-10,15H2,1H3,(H,29,32). The van der Waals surface area contributed by atoms with E-state index in [1.54, 1.807) is 13.2 Å². The number of fused-ring (bicyclic) bond motifs is 3. The summed E-state index contributed by atoms with van der Waals surface area (Å²) in [6, 6.07) is 21.8. The quantitative estimate of drug-likeness (QED) is 0.424. The van der Waals surface area contributed by atoms with Crippen LogP contribution < -0.4 is 15.4 Å². The summed E-state index contributed by atoms with van der Waals surface area (Å²) in [4.78, 5) is 12.5. The topological polar surface area (TPSA) is 70.6 Å². The predicted molar refractivity (Wildman–Crippen MR) is 131 cm³/mol. The lowest BCUT2D eigenvalue weighted by molar-refractivity contribution is -0.116. The van der Waals surface area contributed by atoms with Crippen molar-refractivity contribution in [2.45, 2.75) is 31.2 Å². The van der Waals surface area contributed by atoms with E-state index in [9.17, 15) is 9.90 Å². The molecule has 3 unspecified atom stereocenters. The lowest BCUT2D eigenvalue weighted by atomic mass is 9.77. The second-order valence-corrected chi connectivity index (χ2v) is 8.74. The van der Waals surface area contributed by atoms with Crippen LogP contribution in [0, 0.1) is 5.92 Å². The first-order valence-corrected chi connectivity index (χ1v) is 11.4. The molecule has 0 fully saturated rings. The minimum absolute atomic E-state index is 0.0233. The van der Waals surface area contributed by atoms with E-state index in [0.717, 1.165) is 35.3 Å². The average Bonchev–Trinajstić information content (AvgIpc) is 3.34. The van der Waals surface area contributed by atoms with Gasteiger partial charge in [-0.05, 0) is 65.8 Å². The molecule has 3 aromatic rings. The molecule has 1 aliphatic carbocycles. The van der Waals surface area contributed by atoms with Gasteiger partial charge in [-0.2, -0.15) is 0 Å². The summed E-state index contributed by atoms with van der Waals surface area (Å²) in [5, 5.41) is 16.8. The number of aromatic hydroxyl groups is 1. The van der Waals surface area contributed by atoms with Crippen molar-refractivity contribution in [2.75, 3.05) is 17.7 Å². The van der Waals surface area contributed by atoms with Crippen LogP contribution in [0.25, 0.3) is 0 Å². The van der Waals surface area contributed by atoms with Crippen LogP contribution in [0.3, 0.4) is 0 Å². The first kappa shape index (κ1) is 21.1. The van der Waals surface area contributed by atoms with E-state index in [1.807, 2.05) is 48.5 Å². The highest BCUT2D eigenvalue weighted by molar-refractivity contribution is 5.91. The van der Waals surface area contributed by atoms with E-state index in [0.29, 0.717) is 18.1 Å². The molecule has 3 atom stereocenters. The van der Waals surface area contributed by atoms with Gasteiger partial charge in [0.2, 0.25) is 5.91 Å². The van der Waals surface area contributed by atoms with E-state index in [1.165, 1.54) is 5.56 Å². The van der Waals surface area contributed by atoms with Crippen molar-refractivity contribution >= 4 is 17.3 Å². The first-order valence-electron chi connectivity index (χ1n) is 11.4. The monoisotopic (exact) mass is 440 g/mol. The molecule has 2 aliphatic rings. The molecule has 5 heteroatoms. The molecule has 1 aliphatic heterocycles. The zero-order valence-electron chi connectivity index (χ0n) is 18.6. The normalized spacial score (nSPS) is 20.5. The van der Waals surface area contributed by atoms with Crippen molar-refractivity contribution in [3.63, 3.8) is 0 Å². The van der Waals surface area contributed by atoms with Crippen LogP contribution in [0.2, 0.25) is 0 Å². The maximum atomic E-state index is 12.5. The Hall–Kier alpha value is -3.73. The van der Waals surface area contributed by atoms with Gasteiger partial charge in [0, 0.05) is 23.7 Å². The minimum Gasteiger partial charge on any atom is -0.504 e. The highest BCUT2D eigenvalue weighted by atomic mass is 16.5. The van der Waals surface area contributed by atoms with Gasteiger partial charge in [-0.3, -0.25) is 4.79 Å². The molecule has 3 N–H and O–H groups in total. The zero-order valence-corrected chi connectivity index (χ0v) is 18.6. The molecule has 3 aromatic carbocycles. The van der Waals surface area contributed by atoms with Crippen LogP contribution in [0.4, 0.5) is 11.4 Å². The van der Waals surface area contributed by atoms with Crippen molar-refractivity contribution in [3.8, 4) is 11.5 Å². The molecule has 0 spiro atoms. The maximum Gasteiger partial charge on any atom is 0.224 e. The van der Waals surface area contributed by atoms with Crippen LogP contribution >= 0.6 is 0 Å². The largest absolute Gasteiger partial charge is 0.504 e. The smallest absolute Gasteiger partial charge is 0.224 e. The Balaban J connectivity index is 1.34. The van der Waals surface area contributed by atoms with Crippen molar-refractivity contribution in [3.05, 3.63) is 95.6 Å². The Morgan fingerprint density at radius 3 is 2.79 bits per heavy atom. The third-order valence-electron chi connectivity index (χ3n) is 6.69. The van der Waals surface area contributed by atoms with E-state index >= 15 is 0 Å². The zero-order chi connectivity index (χ0) is 22.8. The Bertz CT molecular complexity index is 1190. The Labute approximate surface area is 194 Å². The van der Waals surface area contributed by atoms with Gasteiger partial charge in [0.1, 0.15) is 0 Å². The fourth-order valence-corrected chi connectivity index (χ4v) is 5.02. The summed E-state index contributed by atoms with van der Waals surface area (Å²) < 4.78 is 5.32. The number of hydrogen-bond donors (Lipinski definition) is 3. The van der Waals surface area contributed by atoms with E-state index < -0.39 is 0 Å². The number of nitrogens with one attached hydrogen (secondary N) is 2. The van der Waals surface area contributed by atoms with Gasteiger partial charge < -0.3 is 20.5 Å². The maximum absolute atomic E-state index is 12.5. The Morgan fingerprint density at radius 2 is 1.97 bits per heavy atom. The van der Waals surface area contributed by atoms with E-state index in [-0.39, 0.29) is 23.6 Å². The number of allylic oxidation sites excluding steroid dienone is 2. The lowest BCUT2D eigenvalue weighted by Crippen LogP contribution is -2.29. The molecule has 33 heavy (non-hydrogen) atoms. The summed E-state index contributed by atoms with van der Waals surface area (Å²) in [5.41, 5.74) is 5.36. The van der Waals surface area contributed by atoms with Crippen molar-refractivity contribution in [1.29, 1.82) is 0 Å². The predicted octanol–water partition coefficient (Wildman–Crippen LogP) is 5.80. The average molecular weight is 441 g/mol. The number of aryl methyl sites for hydroxylation is 1. The molecular weight excluding hydrogens is 412 g/mol. The van der Waals surface area contributed by atoms with Crippen LogP contribution in [0.1, 0.15) is 41.5 Å². The fraction of sp³-hybridized carbons (Fsp3) is 0.250. The van der Waals surface area contributed by atoms with Crippen molar-refractivity contribution in [1.82, 2.24) is 0 Å². The molecule has 5 nitrogen and oxygen atoms in total. The number of phenols is 1. The molecule has 0 saturated carbocycles. The van der Waals surface area contributed by atoms with Crippen LogP contribution in [0.5, 0.6) is 11.5 Å². The Morgan fingerprint density at radius 1 is 1.12 bits per heavy atom. The number of ether oxygens (including phenoxy) is 1. The van der Waals surface area contributed by atoms with Crippen LogP contribution in [-0.4, -0.2) is 18.1 Å². The van der Waals surface area contributed by atoms with Gasteiger partial charge in [-0.1, -0.05) is 48.6 Å². The van der Waals surface area contributed by atoms with Gasteiger partial charge in [0.15, 0.2) is 11.5 Å². The van der Waals surface area contributed by atoms with E-state index in [4.69, 9.17) is 4.74 Å². The minimum atomic E-state index is 0.0233. The fourth-order valence-electron chi connectivity index (χ4n) is 5.02. The van der Waals surface area contributed by atoms with E-state index in [2.05, 4.69) is 34.9 Å². The van der Waals surface area contributed by atoms with Gasteiger partial charge in [-0.15, -0.1) is 0 Å². The highest BCUT2D eigenvalue weighted by Crippen LogP contribution is 2.51. The van der Waals surface area contributed by atoms with Crippen LogP contribution in [0.15, 0.2) is 78.9 Å². The molecule has 0 aromatic heterocycles. The summed E-state index contributed by atoms with van der Waals surface area (Å²) >= 11 is 0. The number of carbonyl (C=O) groups is 1. The van der Waals surface area contributed by atoms with Crippen LogP contribution in [-0.2, 0) is 11.2 Å². The SMILES string of the molecule is COc1cc(C2Nc3ccc(NC(=O)CCc4ccccc4)cc3C3C=CCC32)ccc1O. The molecule has 0 saturated heterocycles. The molecule has 1 amide bonds. The molecule has 1 heterocycles. The number of benzene rings is 3. The second kappa shape index (κ2) is 9.02. The molecular formula is C28H28N2O3. The number of phenolic OH excluding ortho intramolecular Hbond substituents is 1. The molecule has 5 rings (SSSR count). The van der Waals surface area contributed by atoms with Gasteiger partial charge in [-0.25, -0.2) is 0 Å². The summed E-state index contributed by atoms with van der Waals surface area (Å²) in [7, 11) is 1.57. The Kier molecular flexibility index (Phi) is 5.78. The molecule has 0 bridgehead atoms. The number of hydrogen-bond acceptors (Lipinski definition) is 4. The highest BCUT2D eigenvalue weighted by Gasteiger charge is 2.38. The van der Waals surface area contributed by atoms with Crippen molar-refractivity contribution < 1.29 is 14.6 Å². The first-order chi connectivity index (χ1) is 16.1.